The molecule has 0 unspecified atom stereocenters. The van der Waals surface area contributed by atoms with Gasteiger partial charge in [0.15, 0.2) is 10.9 Å². The van der Waals surface area contributed by atoms with Crippen LogP contribution in [0, 0.1) is 16.8 Å². The highest BCUT2D eigenvalue weighted by atomic mass is 32.1. The number of hydrogen-bond donors (Lipinski definition) is 1. The molecule has 2 aromatic heterocycles. The number of hydrogen-bond acceptors (Lipinski definition) is 2. The minimum Gasteiger partial charge on any atom is -0.282 e. The summed E-state index contributed by atoms with van der Waals surface area (Å²) < 4.78 is 38.7. The van der Waals surface area contributed by atoms with Gasteiger partial charge in [-0.1, -0.05) is 0 Å². The maximum absolute atomic E-state index is 12.9. The van der Waals surface area contributed by atoms with Crippen molar-refractivity contribution in [3.63, 3.8) is 0 Å². The van der Waals surface area contributed by atoms with E-state index in [1.807, 2.05) is 0 Å². The first-order chi connectivity index (χ1) is 6.20. The Morgan fingerprint density at radius 2 is 2.00 bits per heavy atom. The summed E-state index contributed by atoms with van der Waals surface area (Å²) in [6.07, 6.45) is 0.936. The fraction of sp³-hybridized carbons (Fsp3) is 0. The molecule has 0 spiro atoms. The van der Waals surface area contributed by atoms with E-state index in [0.717, 1.165) is 11.6 Å². The van der Waals surface area contributed by atoms with Crippen LogP contribution in [-0.4, -0.2) is 10.2 Å². The van der Waals surface area contributed by atoms with Gasteiger partial charge in [-0.3, -0.25) is 5.10 Å². The van der Waals surface area contributed by atoms with Gasteiger partial charge in [0.2, 0.25) is 0 Å². The smallest absolute Gasteiger partial charge is 0.189 e. The van der Waals surface area contributed by atoms with E-state index < -0.39 is 22.3 Å². The standard InChI is InChI=1S/C7H3F3N2S/c8-3-1-11-12-6(3)5-4(9)2-13-7(5)10/h1-2H,(H,11,12). The lowest BCUT2D eigenvalue weighted by atomic mass is 10.2. The van der Waals surface area contributed by atoms with Crippen molar-refractivity contribution in [2.45, 2.75) is 0 Å². The summed E-state index contributed by atoms with van der Waals surface area (Å²) in [6, 6.07) is 0. The average Bonchev–Trinajstić information content (AvgIpc) is 2.60. The molecule has 0 bridgehead atoms. The van der Waals surface area contributed by atoms with E-state index in [2.05, 4.69) is 10.2 Å². The SMILES string of the molecule is Fc1c[nH]nc1-c1c(F)csc1F. The van der Waals surface area contributed by atoms with E-state index in [1.54, 1.807) is 0 Å². The second kappa shape index (κ2) is 2.88. The summed E-state index contributed by atoms with van der Waals surface area (Å²) in [5, 5.41) is 5.79. The second-order valence-electron chi connectivity index (χ2n) is 2.31. The Bertz CT molecular complexity index is 415. The summed E-state index contributed by atoms with van der Waals surface area (Å²) in [6.45, 7) is 0. The van der Waals surface area contributed by atoms with Crippen LogP contribution in [0.15, 0.2) is 11.6 Å². The molecule has 0 aromatic carbocycles. The summed E-state index contributed by atoms with van der Waals surface area (Å²) >= 11 is 0.576. The molecular formula is C7H3F3N2S. The highest BCUT2D eigenvalue weighted by Crippen LogP contribution is 2.30. The molecule has 2 rings (SSSR count). The molecule has 2 nitrogen and oxygen atoms in total. The largest absolute Gasteiger partial charge is 0.282 e. The molecule has 0 aliphatic rings. The van der Waals surface area contributed by atoms with Crippen molar-refractivity contribution in [1.29, 1.82) is 0 Å². The molecule has 0 atom stereocenters. The van der Waals surface area contributed by atoms with Crippen LogP contribution in [0.25, 0.3) is 11.3 Å². The fourth-order valence-corrected chi connectivity index (χ4v) is 1.61. The molecule has 2 aromatic rings. The lowest BCUT2D eigenvalue weighted by Crippen LogP contribution is -1.85. The predicted octanol–water partition coefficient (Wildman–Crippen LogP) is 2.56. The van der Waals surface area contributed by atoms with E-state index in [4.69, 9.17) is 0 Å². The molecule has 0 saturated heterocycles. The molecule has 2 heterocycles. The van der Waals surface area contributed by atoms with E-state index in [0.29, 0.717) is 11.3 Å². The quantitative estimate of drug-likeness (QED) is 0.759. The molecule has 68 valence electrons. The van der Waals surface area contributed by atoms with Crippen LogP contribution in [0.1, 0.15) is 0 Å². The third-order valence-corrected chi connectivity index (χ3v) is 2.27. The summed E-state index contributed by atoms with van der Waals surface area (Å²) in [5.74, 6) is -1.57. The van der Waals surface area contributed by atoms with Crippen molar-refractivity contribution in [3.8, 4) is 11.3 Å². The summed E-state index contributed by atoms with van der Waals surface area (Å²) in [5.41, 5.74) is -0.736. The predicted molar refractivity (Wildman–Crippen MR) is 41.8 cm³/mol. The molecule has 0 amide bonds. The van der Waals surface area contributed by atoms with E-state index in [-0.39, 0.29) is 5.69 Å². The second-order valence-corrected chi connectivity index (χ2v) is 3.14. The van der Waals surface area contributed by atoms with E-state index in [9.17, 15) is 13.2 Å². The number of nitrogens with one attached hydrogen (secondary N) is 1. The van der Waals surface area contributed by atoms with Crippen molar-refractivity contribution in [1.82, 2.24) is 10.2 Å². The molecule has 13 heavy (non-hydrogen) atoms. The lowest BCUT2D eigenvalue weighted by Gasteiger charge is -1.91. The number of aromatic amines is 1. The number of thiophene rings is 1. The first kappa shape index (κ1) is 8.31. The zero-order chi connectivity index (χ0) is 9.42. The minimum absolute atomic E-state index is 0.323. The summed E-state index contributed by atoms with van der Waals surface area (Å²) in [4.78, 5) is 0. The Kier molecular flexibility index (Phi) is 1.84. The third-order valence-electron chi connectivity index (χ3n) is 1.53. The molecule has 0 aliphatic carbocycles. The molecule has 6 heteroatoms. The van der Waals surface area contributed by atoms with Gasteiger partial charge in [0.1, 0.15) is 11.5 Å². The molecular weight excluding hydrogens is 201 g/mol. The van der Waals surface area contributed by atoms with E-state index >= 15 is 0 Å². The van der Waals surface area contributed by atoms with Gasteiger partial charge in [0.05, 0.1) is 11.8 Å². The Hall–Kier alpha value is -1.30. The zero-order valence-electron chi connectivity index (χ0n) is 6.14. The van der Waals surface area contributed by atoms with Gasteiger partial charge in [0, 0.05) is 5.38 Å². The molecule has 0 radical (unpaired) electrons. The van der Waals surface area contributed by atoms with Crippen LogP contribution < -0.4 is 0 Å². The Balaban J connectivity index is 2.64. The maximum Gasteiger partial charge on any atom is 0.189 e. The average molecular weight is 204 g/mol. The van der Waals surface area contributed by atoms with Crippen molar-refractivity contribution < 1.29 is 13.2 Å². The molecule has 0 aliphatic heterocycles. The number of aromatic nitrogens is 2. The molecule has 0 fully saturated rings. The number of H-pyrrole nitrogens is 1. The third kappa shape index (κ3) is 1.23. The first-order valence-corrected chi connectivity index (χ1v) is 4.20. The van der Waals surface area contributed by atoms with Crippen molar-refractivity contribution in [2.75, 3.05) is 0 Å². The fourth-order valence-electron chi connectivity index (χ4n) is 0.972. The Morgan fingerprint density at radius 1 is 1.23 bits per heavy atom. The Morgan fingerprint density at radius 3 is 2.46 bits per heavy atom. The van der Waals surface area contributed by atoms with Crippen LogP contribution in [0.5, 0.6) is 0 Å². The lowest BCUT2D eigenvalue weighted by molar-refractivity contribution is 0.602. The van der Waals surface area contributed by atoms with Gasteiger partial charge in [-0.2, -0.15) is 9.49 Å². The highest BCUT2D eigenvalue weighted by Gasteiger charge is 2.19. The Labute approximate surface area is 75.0 Å². The molecule has 0 saturated carbocycles. The number of rotatable bonds is 1. The minimum atomic E-state index is -0.798. The monoisotopic (exact) mass is 204 g/mol. The van der Waals surface area contributed by atoms with Gasteiger partial charge in [-0.25, -0.2) is 8.78 Å². The topological polar surface area (TPSA) is 28.7 Å². The van der Waals surface area contributed by atoms with Crippen molar-refractivity contribution in [2.24, 2.45) is 0 Å². The molecule has 1 N–H and O–H groups in total. The van der Waals surface area contributed by atoms with Crippen LogP contribution in [0.4, 0.5) is 13.2 Å². The highest BCUT2D eigenvalue weighted by molar-refractivity contribution is 7.08. The normalized spacial score (nSPS) is 10.7. The van der Waals surface area contributed by atoms with Gasteiger partial charge < -0.3 is 0 Å². The van der Waals surface area contributed by atoms with Gasteiger partial charge in [0.25, 0.3) is 0 Å². The van der Waals surface area contributed by atoms with Crippen molar-refractivity contribution >= 4 is 11.3 Å². The maximum atomic E-state index is 12.9. The van der Waals surface area contributed by atoms with Crippen LogP contribution in [0.2, 0.25) is 0 Å². The number of halogens is 3. The summed E-state index contributed by atoms with van der Waals surface area (Å²) in [7, 11) is 0. The first-order valence-electron chi connectivity index (χ1n) is 3.32. The van der Waals surface area contributed by atoms with Crippen LogP contribution in [-0.2, 0) is 0 Å². The van der Waals surface area contributed by atoms with Crippen molar-refractivity contribution in [3.05, 3.63) is 28.3 Å². The zero-order valence-corrected chi connectivity index (χ0v) is 6.96. The van der Waals surface area contributed by atoms with E-state index in [1.165, 1.54) is 0 Å². The van der Waals surface area contributed by atoms with Crippen LogP contribution in [0.3, 0.4) is 0 Å². The van der Waals surface area contributed by atoms with Crippen LogP contribution >= 0.6 is 11.3 Å². The number of nitrogens with zero attached hydrogens (tertiary/aromatic N) is 1. The van der Waals surface area contributed by atoms with Gasteiger partial charge in [-0.05, 0) is 0 Å². The van der Waals surface area contributed by atoms with Gasteiger partial charge >= 0.3 is 0 Å². The van der Waals surface area contributed by atoms with Gasteiger partial charge in [-0.15, -0.1) is 11.3 Å².